The van der Waals surface area contributed by atoms with E-state index in [9.17, 15) is 0 Å². The van der Waals surface area contributed by atoms with Crippen molar-refractivity contribution in [1.29, 1.82) is 0 Å². The maximum Gasteiger partial charge on any atom is 0.191 e. The van der Waals surface area contributed by atoms with Gasteiger partial charge in [-0.1, -0.05) is 12.8 Å². The first-order valence-electron chi connectivity index (χ1n) is 8.08. The fraction of sp³-hybridized carbons (Fsp3) is 0.588. The van der Waals surface area contributed by atoms with Crippen LogP contribution in [0.1, 0.15) is 31.2 Å². The van der Waals surface area contributed by atoms with Crippen LogP contribution in [0.25, 0.3) is 0 Å². The first kappa shape index (κ1) is 18.2. The summed E-state index contributed by atoms with van der Waals surface area (Å²) < 4.78 is 10.6. The predicted molar refractivity (Wildman–Crippen MR) is 103 cm³/mol. The second-order valence-electron chi connectivity index (χ2n) is 5.99. The van der Waals surface area contributed by atoms with E-state index in [0.717, 1.165) is 30.4 Å². The third-order valence-corrected chi connectivity index (χ3v) is 4.49. The van der Waals surface area contributed by atoms with Crippen LogP contribution in [0, 0.1) is 0 Å². The molecule has 128 valence electrons. The van der Waals surface area contributed by atoms with E-state index in [1.54, 1.807) is 14.2 Å². The quantitative estimate of drug-likeness (QED) is 0.705. The van der Waals surface area contributed by atoms with Crippen molar-refractivity contribution in [3.8, 4) is 11.5 Å². The zero-order valence-corrected chi connectivity index (χ0v) is 16.1. The first-order chi connectivity index (χ1) is 10.8. The zero-order chi connectivity index (χ0) is 15.4. The van der Waals surface area contributed by atoms with E-state index in [1.165, 1.54) is 31.2 Å². The highest BCUT2D eigenvalue weighted by atomic mass is 127. The molecule has 0 aromatic heterocycles. The summed E-state index contributed by atoms with van der Waals surface area (Å²) in [6.07, 6.45) is 6.03. The number of rotatable bonds is 5. The van der Waals surface area contributed by atoms with Crippen LogP contribution in [-0.2, 0) is 6.42 Å². The number of hydrogen-bond acceptors (Lipinski definition) is 3. The monoisotopic (exact) mass is 431 g/mol. The van der Waals surface area contributed by atoms with Gasteiger partial charge in [0.1, 0.15) is 11.5 Å². The number of guanidine groups is 1. The molecule has 2 N–H and O–H groups in total. The summed E-state index contributed by atoms with van der Waals surface area (Å²) in [4.78, 5) is 4.67. The summed E-state index contributed by atoms with van der Waals surface area (Å²) >= 11 is 0. The van der Waals surface area contributed by atoms with E-state index >= 15 is 0 Å². The lowest BCUT2D eigenvalue weighted by Gasteiger charge is -2.23. The van der Waals surface area contributed by atoms with Gasteiger partial charge in [0.25, 0.3) is 0 Å². The minimum atomic E-state index is 0. The topological polar surface area (TPSA) is 54.9 Å². The molecule has 1 saturated carbocycles. The molecule has 0 amide bonds. The maximum atomic E-state index is 5.30. The highest BCUT2D eigenvalue weighted by Gasteiger charge is 2.31. The smallest absolute Gasteiger partial charge is 0.191 e. The molecular formula is C17H26IN3O2. The molecule has 0 spiro atoms. The molecule has 2 atom stereocenters. The van der Waals surface area contributed by atoms with Crippen LogP contribution in [0.3, 0.4) is 0 Å². The SMILES string of the molecule is COc1cc(CCN=C2N[C@H]3CCCC[C@@H]3N2)cc(OC)c1.I. The second-order valence-corrected chi connectivity index (χ2v) is 5.99. The highest BCUT2D eigenvalue weighted by molar-refractivity contribution is 14.0. The van der Waals surface area contributed by atoms with Gasteiger partial charge in [-0.15, -0.1) is 24.0 Å². The number of hydrogen-bond donors (Lipinski definition) is 2. The normalized spacial score (nSPS) is 22.3. The van der Waals surface area contributed by atoms with Crippen LogP contribution in [0.4, 0.5) is 0 Å². The van der Waals surface area contributed by atoms with E-state index in [1.807, 2.05) is 18.2 Å². The third kappa shape index (κ3) is 4.65. The van der Waals surface area contributed by atoms with Gasteiger partial charge in [0.15, 0.2) is 5.96 Å². The lowest BCUT2D eigenvalue weighted by Crippen LogP contribution is -2.36. The van der Waals surface area contributed by atoms with Crippen LogP contribution in [0.5, 0.6) is 11.5 Å². The Hall–Kier alpha value is -1.18. The number of halogens is 1. The molecule has 0 unspecified atom stereocenters. The number of fused-ring (bicyclic) bond motifs is 1. The predicted octanol–water partition coefficient (Wildman–Crippen LogP) is 2.72. The van der Waals surface area contributed by atoms with Crippen molar-refractivity contribution in [1.82, 2.24) is 10.6 Å². The number of ether oxygens (including phenoxy) is 2. The molecule has 1 aromatic rings. The molecule has 1 aliphatic heterocycles. The van der Waals surface area contributed by atoms with Crippen molar-refractivity contribution in [3.63, 3.8) is 0 Å². The average Bonchev–Trinajstić information content (AvgIpc) is 2.97. The third-order valence-electron chi connectivity index (χ3n) is 4.49. The summed E-state index contributed by atoms with van der Waals surface area (Å²) in [5, 5.41) is 7.03. The number of nitrogens with one attached hydrogen (secondary N) is 2. The summed E-state index contributed by atoms with van der Waals surface area (Å²) in [6, 6.07) is 7.12. The number of benzene rings is 1. The Bertz CT molecular complexity index is 512. The molecule has 6 heteroatoms. The Kier molecular flexibility index (Phi) is 6.80. The standard InChI is InChI=1S/C17H25N3O2.HI/c1-21-13-9-12(10-14(11-13)22-2)7-8-18-17-19-15-5-3-4-6-16(15)20-17;/h9-11,15-16H,3-8H2,1-2H3,(H2,18,19,20);1H/t15-,16-;/m0./s1. The minimum absolute atomic E-state index is 0. The average molecular weight is 431 g/mol. The van der Waals surface area contributed by atoms with E-state index in [-0.39, 0.29) is 24.0 Å². The van der Waals surface area contributed by atoms with E-state index in [4.69, 9.17) is 9.47 Å². The van der Waals surface area contributed by atoms with Gasteiger partial charge in [0.05, 0.1) is 14.2 Å². The molecule has 0 radical (unpaired) electrons. The van der Waals surface area contributed by atoms with Gasteiger partial charge in [-0.25, -0.2) is 0 Å². The molecule has 23 heavy (non-hydrogen) atoms. The van der Waals surface area contributed by atoms with Gasteiger partial charge in [0, 0.05) is 24.7 Å². The Labute approximate surface area is 155 Å². The molecule has 2 fully saturated rings. The van der Waals surface area contributed by atoms with Crippen molar-refractivity contribution in [3.05, 3.63) is 23.8 Å². The fourth-order valence-electron chi connectivity index (χ4n) is 3.27. The number of nitrogens with zero attached hydrogens (tertiary/aromatic N) is 1. The largest absolute Gasteiger partial charge is 0.497 e. The molecule has 5 nitrogen and oxygen atoms in total. The first-order valence-corrected chi connectivity index (χ1v) is 8.08. The number of methoxy groups -OCH3 is 2. The second kappa shape index (κ2) is 8.61. The summed E-state index contributed by atoms with van der Waals surface area (Å²) in [6.45, 7) is 0.755. The lowest BCUT2D eigenvalue weighted by atomic mass is 9.92. The van der Waals surface area contributed by atoms with Crippen molar-refractivity contribution in [2.45, 2.75) is 44.2 Å². The van der Waals surface area contributed by atoms with E-state index in [2.05, 4.69) is 15.6 Å². The van der Waals surface area contributed by atoms with Crippen LogP contribution in [-0.4, -0.2) is 38.8 Å². The molecule has 3 rings (SSSR count). The van der Waals surface area contributed by atoms with Crippen LogP contribution in [0.15, 0.2) is 23.2 Å². The Morgan fingerprint density at radius 3 is 2.09 bits per heavy atom. The van der Waals surface area contributed by atoms with Crippen LogP contribution in [0.2, 0.25) is 0 Å². The highest BCUT2D eigenvalue weighted by Crippen LogP contribution is 2.23. The van der Waals surface area contributed by atoms with Gasteiger partial charge >= 0.3 is 0 Å². The van der Waals surface area contributed by atoms with Crippen molar-refractivity contribution >= 4 is 29.9 Å². The summed E-state index contributed by atoms with van der Waals surface area (Å²) in [5.74, 6) is 2.61. The van der Waals surface area contributed by atoms with Gasteiger partial charge in [-0.2, -0.15) is 0 Å². The lowest BCUT2D eigenvalue weighted by molar-refractivity contribution is 0.374. The molecule has 0 bridgehead atoms. The van der Waals surface area contributed by atoms with Crippen molar-refractivity contribution < 1.29 is 9.47 Å². The number of aliphatic imine (C=N–C) groups is 1. The molecule has 1 aromatic carbocycles. The molecule has 1 heterocycles. The van der Waals surface area contributed by atoms with Gasteiger partial charge in [0.2, 0.25) is 0 Å². The van der Waals surface area contributed by atoms with Gasteiger partial charge in [-0.3, -0.25) is 4.99 Å². The van der Waals surface area contributed by atoms with Crippen LogP contribution >= 0.6 is 24.0 Å². The molecule has 2 aliphatic rings. The Morgan fingerprint density at radius 1 is 1.00 bits per heavy atom. The molecule has 1 saturated heterocycles. The fourth-order valence-corrected chi connectivity index (χ4v) is 3.27. The van der Waals surface area contributed by atoms with Crippen molar-refractivity contribution in [2.75, 3.05) is 20.8 Å². The van der Waals surface area contributed by atoms with E-state index < -0.39 is 0 Å². The minimum Gasteiger partial charge on any atom is -0.497 e. The van der Waals surface area contributed by atoms with Gasteiger partial charge < -0.3 is 20.1 Å². The maximum absolute atomic E-state index is 5.30. The summed E-state index contributed by atoms with van der Waals surface area (Å²) in [7, 11) is 3.35. The molecule has 1 aliphatic carbocycles. The molecular weight excluding hydrogens is 405 g/mol. The van der Waals surface area contributed by atoms with E-state index in [0.29, 0.717) is 12.1 Å². The van der Waals surface area contributed by atoms with Gasteiger partial charge in [-0.05, 0) is 37.0 Å². The Balaban J connectivity index is 0.00000192. The Morgan fingerprint density at radius 2 is 1.57 bits per heavy atom. The summed E-state index contributed by atoms with van der Waals surface area (Å²) in [5.41, 5.74) is 1.18. The van der Waals surface area contributed by atoms with Crippen LogP contribution < -0.4 is 20.1 Å². The zero-order valence-electron chi connectivity index (χ0n) is 13.8. The van der Waals surface area contributed by atoms with Crippen molar-refractivity contribution in [2.24, 2.45) is 4.99 Å².